The molecule has 1 heterocycles. The Morgan fingerprint density at radius 2 is 1.73 bits per heavy atom. The number of hydrogen-bond donors (Lipinski definition) is 2. The second-order valence-corrected chi connectivity index (χ2v) is 6.02. The maximum atomic E-state index is 11.8. The van der Waals surface area contributed by atoms with Gasteiger partial charge >= 0.3 is 11.8 Å². The van der Waals surface area contributed by atoms with Gasteiger partial charge in [-0.05, 0) is 36.4 Å². The van der Waals surface area contributed by atoms with Gasteiger partial charge in [-0.1, -0.05) is 41.4 Å². The third-order valence-electron chi connectivity index (χ3n) is 3.38. The molecular formula is C18H12Cl2N4O2. The minimum Gasteiger partial charge on any atom is -0.318 e. The van der Waals surface area contributed by atoms with Crippen LogP contribution in [-0.4, -0.2) is 23.0 Å². The zero-order valence-electron chi connectivity index (χ0n) is 13.2. The van der Waals surface area contributed by atoms with Crippen LogP contribution in [0.3, 0.4) is 0 Å². The number of pyridine rings is 1. The van der Waals surface area contributed by atoms with E-state index in [1.54, 1.807) is 30.3 Å². The van der Waals surface area contributed by atoms with Crippen LogP contribution in [0.4, 0.5) is 5.69 Å². The first-order chi connectivity index (χ1) is 12.5. The number of hydrazone groups is 1. The summed E-state index contributed by atoms with van der Waals surface area (Å²) < 4.78 is 0. The number of carbonyl (C=O) groups excluding carboxylic acids is 2. The van der Waals surface area contributed by atoms with Crippen molar-refractivity contribution in [2.75, 3.05) is 5.32 Å². The van der Waals surface area contributed by atoms with Crippen LogP contribution in [0, 0.1) is 0 Å². The Hall–Kier alpha value is -2.96. The molecule has 0 aliphatic carbocycles. The lowest BCUT2D eigenvalue weighted by Crippen LogP contribution is -2.32. The molecular weight excluding hydrogens is 375 g/mol. The lowest BCUT2D eigenvalue weighted by molar-refractivity contribution is -0.136. The van der Waals surface area contributed by atoms with Gasteiger partial charge in [-0.25, -0.2) is 10.4 Å². The molecule has 0 aliphatic rings. The Morgan fingerprint density at radius 1 is 1.00 bits per heavy atom. The molecule has 0 atom stereocenters. The molecule has 0 bridgehead atoms. The molecule has 2 amide bonds. The Morgan fingerprint density at radius 3 is 2.50 bits per heavy atom. The molecule has 0 fully saturated rings. The summed E-state index contributed by atoms with van der Waals surface area (Å²) in [6, 6.07) is 15.6. The van der Waals surface area contributed by atoms with Gasteiger partial charge in [0, 0.05) is 21.7 Å². The lowest BCUT2D eigenvalue weighted by atomic mass is 10.2. The highest BCUT2D eigenvalue weighted by atomic mass is 35.5. The minimum atomic E-state index is -0.916. The van der Waals surface area contributed by atoms with Gasteiger partial charge < -0.3 is 5.32 Å². The molecule has 0 unspecified atom stereocenters. The highest BCUT2D eigenvalue weighted by molar-refractivity contribution is 6.39. The summed E-state index contributed by atoms with van der Waals surface area (Å²) in [5.41, 5.74) is 3.86. The summed E-state index contributed by atoms with van der Waals surface area (Å²) in [6.45, 7) is 0. The van der Waals surface area contributed by atoms with Gasteiger partial charge in [0.1, 0.15) is 5.15 Å². The molecule has 0 radical (unpaired) electrons. The number of rotatable bonds is 3. The van der Waals surface area contributed by atoms with Crippen LogP contribution in [0.2, 0.25) is 10.2 Å². The number of carbonyl (C=O) groups is 2. The van der Waals surface area contributed by atoms with Crippen LogP contribution in [0.5, 0.6) is 0 Å². The Bertz CT molecular complexity index is 1000. The molecule has 8 heteroatoms. The number of benzene rings is 2. The van der Waals surface area contributed by atoms with Gasteiger partial charge in [0.25, 0.3) is 0 Å². The molecule has 0 aliphatic heterocycles. The van der Waals surface area contributed by atoms with Crippen molar-refractivity contribution in [3.63, 3.8) is 0 Å². The maximum absolute atomic E-state index is 11.8. The van der Waals surface area contributed by atoms with Crippen molar-refractivity contribution in [2.45, 2.75) is 0 Å². The Balaban J connectivity index is 1.64. The number of aromatic nitrogens is 1. The molecule has 26 heavy (non-hydrogen) atoms. The average molecular weight is 387 g/mol. The van der Waals surface area contributed by atoms with Crippen LogP contribution in [0.15, 0.2) is 59.7 Å². The first-order valence-electron chi connectivity index (χ1n) is 7.48. The summed E-state index contributed by atoms with van der Waals surface area (Å²) in [7, 11) is 0. The van der Waals surface area contributed by atoms with Crippen molar-refractivity contribution in [1.82, 2.24) is 10.4 Å². The number of nitrogens with one attached hydrogen (secondary N) is 2. The van der Waals surface area contributed by atoms with Gasteiger partial charge in [-0.15, -0.1) is 0 Å². The summed E-state index contributed by atoms with van der Waals surface area (Å²) in [6.07, 6.45) is 1.33. The molecule has 3 aromatic rings. The van der Waals surface area contributed by atoms with Crippen molar-refractivity contribution in [1.29, 1.82) is 0 Å². The largest absolute Gasteiger partial charge is 0.329 e. The first kappa shape index (κ1) is 17.8. The molecule has 0 saturated heterocycles. The summed E-state index contributed by atoms with van der Waals surface area (Å²) in [5.74, 6) is -1.77. The summed E-state index contributed by atoms with van der Waals surface area (Å²) >= 11 is 11.9. The molecule has 3 rings (SSSR count). The van der Waals surface area contributed by atoms with Crippen molar-refractivity contribution >= 4 is 57.8 Å². The van der Waals surface area contributed by atoms with Gasteiger partial charge in [0.05, 0.1) is 11.7 Å². The molecule has 130 valence electrons. The molecule has 1 aromatic heterocycles. The Kier molecular flexibility index (Phi) is 5.46. The predicted octanol–water partition coefficient (Wildman–Crippen LogP) is 3.63. The van der Waals surface area contributed by atoms with E-state index >= 15 is 0 Å². The maximum Gasteiger partial charge on any atom is 0.329 e. The van der Waals surface area contributed by atoms with Crippen LogP contribution in [0.25, 0.3) is 10.9 Å². The molecule has 2 N–H and O–H groups in total. The van der Waals surface area contributed by atoms with Crippen molar-refractivity contribution in [3.8, 4) is 0 Å². The Labute approximate surface area is 158 Å². The minimum absolute atomic E-state index is 0.243. The fourth-order valence-electron chi connectivity index (χ4n) is 2.13. The molecule has 6 nitrogen and oxygen atoms in total. The molecule has 0 spiro atoms. The van der Waals surface area contributed by atoms with E-state index < -0.39 is 11.8 Å². The third-order valence-corrected chi connectivity index (χ3v) is 3.94. The van der Waals surface area contributed by atoms with E-state index in [0.29, 0.717) is 16.3 Å². The van der Waals surface area contributed by atoms with Crippen molar-refractivity contribution in [2.24, 2.45) is 5.10 Å². The van der Waals surface area contributed by atoms with E-state index in [-0.39, 0.29) is 5.15 Å². The number of amides is 2. The second-order valence-electron chi connectivity index (χ2n) is 5.22. The van der Waals surface area contributed by atoms with E-state index in [4.69, 9.17) is 23.2 Å². The van der Waals surface area contributed by atoms with E-state index in [1.807, 2.05) is 24.3 Å². The zero-order chi connectivity index (χ0) is 18.5. The fourth-order valence-corrected chi connectivity index (χ4v) is 2.45. The fraction of sp³-hybridized carbons (Fsp3) is 0. The van der Waals surface area contributed by atoms with Crippen LogP contribution < -0.4 is 10.7 Å². The quantitative estimate of drug-likeness (QED) is 0.312. The van der Waals surface area contributed by atoms with Crippen molar-refractivity contribution < 1.29 is 9.59 Å². The zero-order valence-corrected chi connectivity index (χ0v) is 14.8. The average Bonchev–Trinajstić information content (AvgIpc) is 2.63. The third kappa shape index (κ3) is 4.36. The normalized spacial score (nSPS) is 10.8. The van der Waals surface area contributed by atoms with E-state index in [2.05, 4.69) is 20.8 Å². The number of para-hydroxylation sites is 1. The first-order valence-corrected chi connectivity index (χ1v) is 8.24. The smallest absolute Gasteiger partial charge is 0.318 e. The summed E-state index contributed by atoms with van der Waals surface area (Å²) in [5, 5.41) is 7.83. The SMILES string of the molecule is O=C(N/N=C/c1cc2ccccc2nc1Cl)C(=O)Nc1ccc(Cl)cc1. The van der Waals surface area contributed by atoms with E-state index in [1.165, 1.54) is 6.21 Å². The second kappa shape index (κ2) is 7.95. The number of halogens is 2. The van der Waals surface area contributed by atoms with Crippen LogP contribution in [0.1, 0.15) is 5.56 Å². The van der Waals surface area contributed by atoms with Crippen molar-refractivity contribution in [3.05, 3.63) is 70.3 Å². The van der Waals surface area contributed by atoms with Crippen LogP contribution >= 0.6 is 23.2 Å². The summed E-state index contributed by atoms with van der Waals surface area (Å²) in [4.78, 5) is 27.8. The van der Waals surface area contributed by atoms with Gasteiger partial charge in [-0.3, -0.25) is 9.59 Å². The highest BCUT2D eigenvalue weighted by Gasteiger charge is 2.12. The number of nitrogens with zero attached hydrogens (tertiary/aromatic N) is 2. The number of hydrogen-bond acceptors (Lipinski definition) is 4. The van der Waals surface area contributed by atoms with Gasteiger partial charge in [0.15, 0.2) is 0 Å². The van der Waals surface area contributed by atoms with Crippen LogP contribution in [-0.2, 0) is 9.59 Å². The van der Waals surface area contributed by atoms with Gasteiger partial charge in [0.2, 0.25) is 0 Å². The standard InChI is InChI=1S/C18H12Cl2N4O2/c19-13-5-7-14(8-6-13)22-17(25)18(26)24-21-10-12-9-11-3-1-2-4-15(11)23-16(12)20/h1-10H,(H,22,25)(H,24,26)/b21-10+. The predicted molar refractivity (Wildman–Crippen MR) is 103 cm³/mol. The molecule has 0 saturated carbocycles. The van der Waals surface area contributed by atoms with E-state index in [0.717, 1.165) is 10.9 Å². The topological polar surface area (TPSA) is 83.5 Å². The molecule has 2 aromatic carbocycles. The number of anilines is 1. The van der Waals surface area contributed by atoms with E-state index in [9.17, 15) is 9.59 Å². The van der Waals surface area contributed by atoms with Gasteiger partial charge in [-0.2, -0.15) is 5.10 Å². The lowest BCUT2D eigenvalue weighted by Gasteiger charge is -2.04. The monoisotopic (exact) mass is 386 g/mol. The number of fused-ring (bicyclic) bond motifs is 1. The highest BCUT2D eigenvalue weighted by Crippen LogP contribution is 2.19.